The number of hydrogen-bond donors (Lipinski definition) is 1. The molecule has 35 heavy (non-hydrogen) atoms. The predicted molar refractivity (Wildman–Crippen MR) is 141 cm³/mol. The summed E-state index contributed by atoms with van der Waals surface area (Å²) in [5.74, 6) is 3.13. The van der Waals surface area contributed by atoms with E-state index in [0.29, 0.717) is 25.3 Å². The number of methoxy groups -OCH3 is 1. The number of nitrogens with one attached hydrogen (secondary N) is 1. The normalized spacial score (nSPS) is 15.5. The fraction of sp³-hybridized carbons (Fsp3) is 0.393. The number of ether oxygens (including phenoxy) is 1. The van der Waals surface area contributed by atoms with Crippen molar-refractivity contribution in [3.05, 3.63) is 77.1 Å². The zero-order chi connectivity index (χ0) is 24.6. The maximum absolute atomic E-state index is 12.6. The van der Waals surface area contributed by atoms with Gasteiger partial charge in [0.15, 0.2) is 5.16 Å². The van der Waals surface area contributed by atoms with Gasteiger partial charge in [0.25, 0.3) is 0 Å². The number of allylic oxidation sites excluding steroid dienone is 1. The van der Waals surface area contributed by atoms with Gasteiger partial charge in [-0.05, 0) is 55.9 Å². The molecule has 0 saturated heterocycles. The van der Waals surface area contributed by atoms with Crippen molar-refractivity contribution in [3.8, 4) is 11.4 Å². The first-order chi connectivity index (χ1) is 17.0. The molecule has 1 aromatic heterocycles. The highest BCUT2D eigenvalue weighted by atomic mass is 32.2. The molecule has 0 spiro atoms. The lowest BCUT2D eigenvalue weighted by molar-refractivity contribution is -0.121. The molecule has 6 nitrogen and oxygen atoms in total. The van der Waals surface area contributed by atoms with Gasteiger partial charge in [0.1, 0.15) is 11.6 Å². The number of aryl methyl sites for hydroxylation is 2. The van der Waals surface area contributed by atoms with Crippen LogP contribution >= 0.6 is 11.8 Å². The number of rotatable bonds is 10. The van der Waals surface area contributed by atoms with Crippen molar-refractivity contribution >= 4 is 17.7 Å². The molecule has 7 heteroatoms. The topological polar surface area (TPSA) is 69.0 Å². The average Bonchev–Trinajstić information content (AvgIpc) is 3.28. The molecule has 2 aromatic carbocycles. The molecule has 4 rings (SSSR count). The van der Waals surface area contributed by atoms with Crippen LogP contribution in [0.25, 0.3) is 5.69 Å². The Morgan fingerprint density at radius 1 is 1.20 bits per heavy atom. The number of hydrogen-bond acceptors (Lipinski definition) is 5. The smallest absolute Gasteiger partial charge is 0.220 e. The Labute approximate surface area is 212 Å². The van der Waals surface area contributed by atoms with E-state index in [1.54, 1.807) is 18.9 Å². The van der Waals surface area contributed by atoms with Crippen LogP contribution in [0.2, 0.25) is 0 Å². The summed E-state index contributed by atoms with van der Waals surface area (Å²) < 4.78 is 7.49. The van der Waals surface area contributed by atoms with E-state index in [0.717, 1.165) is 40.2 Å². The minimum Gasteiger partial charge on any atom is -0.496 e. The largest absolute Gasteiger partial charge is 0.496 e. The predicted octanol–water partition coefficient (Wildman–Crippen LogP) is 5.67. The molecule has 1 heterocycles. The van der Waals surface area contributed by atoms with Gasteiger partial charge in [-0.25, -0.2) is 0 Å². The first-order valence-corrected chi connectivity index (χ1v) is 13.2. The second-order valence-corrected chi connectivity index (χ2v) is 10.1. The van der Waals surface area contributed by atoms with Crippen molar-refractivity contribution in [2.45, 2.75) is 57.7 Å². The zero-order valence-corrected chi connectivity index (χ0v) is 21.6. The van der Waals surface area contributed by atoms with Gasteiger partial charge >= 0.3 is 0 Å². The van der Waals surface area contributed by atoms with E-state index in [-0.39, 0.29) is 5.91 Å². The minimum atomic E-state index is -0.0229. The van der Waals surface area contributed by atoms with Crippen LogP contribution < -0.4 is 10.1 Å². The van der Waals surface area contributed by atoms with Crippen LogP contribution in [-0.2, 0) is 17.8 Å². The number of benzene rings is 2. The van der Waals surface area contributed by atoms with Gasteiger partial charge < -0.3 is 10.1 Å². The third-order valence-corrected chi connectivity index (χ3v) is 7.31. The third-order valence-electron chi connectivity index (χ3n) is 6.27. The summed E-state index contributed by atoms with van der Waals surface area (Å²) in [4.78, 5) is 12.6. The second-order valence-electron chi connectivity index (χ2n) is 9.14. The summed E-state index contributed by atoms with van der Waals surface area (Å²) in [6.07, 6.45) is 6.96. The molecule has 1 unspecified atom stereocenters. The molecule has 0 radical (unpaired) electrons. The van der Waals surface area contributed by atoms with Crippen molar-refractivity contribution in [2.75, 3.05) is 12.9 Å². The lowest BCUT2D eigenvalue weighted by atomic mass is 9.93. The van der Waals surface area contributed by atoms with E-state index in [1.165, 1.54) is 24.0 Å². The van der Waals surface area contributed by atoms with E-state index >= 15 is 0 Å². The Balaban J connectivity index is 1.45. The number of carbonyl (C=O) groups is 1. The first kappa shape index (κ1) is 25.0. The van der Waals surface area contributed by atoms with E-state index in [9.17, 15) is 4.79 Å². The quantitative estimate of drug-likeness (QED) is 0.293. The van der Waals surface area contributed by atoms with Gasteiger partial charge in [0, 0.05) is 36.4 Å². The summed E-state index contributed by atoms with van der Waals surface area (Å²) in [5.41, 5.74) is 4.66. The molecule has 3 aromatic rings. The van der Waals surface area contributed by atoms with Gasteiger partial charge in [0.2, 0.25) is 5.91 Å². The SMILES string of the molecule is COc1ccccc1CNC(=O)CCc1nnc(SCC2=CC(C)CCC2)n1-c1cccc(C)c1. The molecule has 1 amide bonds. The maximum atomic E-state index is 12.6. The number of para-hydroxylation sites is 1. The average molecular weight is 491 g/mol. The molecule has 1 N–H and O–H groups in total. The van der Waals surface area contributed by atoms with Crippen molar-refractivity contribution in [3.63, 3.8) is 0 Å². The Morgan fingerprint density at radius 2 is 2.06 bits per heavy atom. The van der Waals surface area contributed by atoms with Crippen LogP contribution in [0.1, 0.15) is 49.6 Å². The Morgan fingerprint density at radius 3 is 2.86 bits per heavy atom. The number of aromatic nitrogens is 3. The molecular formula is C28H34N4O2S. The van der Waals surface area contributed by atoms with Crippen LogP contribution in [0, 0.1) is 12.8 Å². The fourth-order valence-electron chi connectivity index (χ4n) is 4.44. The van der Waals surface area contributed by atoms with Crippen molar-refractivity contribution in [1.29, 1.82) is 0 Å². The van der Waals surface area contributed by atoms with Gasteiger partial charge in [-0.1, -0.05) is 60.7 Å². The van der Waals surface area contributed by atoms with Gasteiger partial charge in [-0.2, -0.15) is 0 Å². The molecule has 1 aliphatic rings. The van der Waals surface area contributed by atoms with E-state index in [2.05, 4.69) is 58.2 Å². The van der Waals surface area contributed by atoms with E-state index in [1.807, 2.05) is 30.3 Å². The molecule has 0 saturated carbocycles. The summed E-state index contributed by atoms with van der Waals surface area (Å²) in [5, 5.41) is 12.9. The monoisotopic (exact) mass is 490 g/mol. The van der Waals surface area contributed by atoms with Crippen molar-refractivity contribution in [1.82, 2.24) is 20.1 Å². The maximum Gasteiger partial charge on any atom is 0.220 e. The molecule has 1 atom stereocenters. The Bertz CT molecular complexity index is 1190. The lowest BCUT2D eigenvalue weighted by Crippen LogP contribution is -2.23. The fourth-order valence-corrected chi connectivity index (χ4v) is 5.43. The van der Waals surface area contributed by atoms with Crippen molar-refractivity contribution in [2.24, 2.45) is 5.92 Å². The Kier molecular flexibility index (Phi) is 8.64. The molecule has 0 fully saturated rings. The molecule has 184 valence electrons. The third kappa shape index (κ3) is 6.75. The summed E-state index contributed by atoms with van der Waals surface area (Å²) in [7, 11) is 1.64. The lowest BCUT2D eigenvalue weighted by Gasteiger charge is -2.17. The van der Waals surface area contributed by atoms with E-state index in [4.69, 9.17) is 4.74 Å². The van der Waals surface area contributed by atoms with Crippen LogP contribution in [-0.4, -0.2) is 33.5 Å². The molecule has 0 aliphatic heterocycles. The summed E-state index contributed by atoms with van der Waals surface area (Å²) >= 11 is 1.73. The van der Waals surface area contributed by atoms with Crippen LogP contribution in [0.15, 0.2) is 65.3 Å². The van der Waals surface area contributed by atoms with Gasteiger partial charge in [0.05, 0.1) is 7.11 Å². The highest BCUT2D eigenvalue weighted by Crippen LogP contribution is 2.29. The molecular weight excluding hydrogens is 456 g/mol. The molecule has 0 bridgehead atoms. The minimum absolute atomic E-state index is 0.0229. The number of nitrogens with zero attached hydrogens (tertiary/aromatic N) is 3. The standard InChI is InChI=1S/C28H34N4O2S/c1-20-8-6-10-22(16-20)19-35-28-31-30-26(32(28)24-12-7-9-21(2)17-24)14-15-27(33)29-18-23-11-4-5-13-25(23)34-3/h4-5,7,9,11-13,16-17,20H,6,8,10,14-15,18-19H2,1-3H3,(H,29,33). The molecule has 1 aliphatic carbocycles. The summed E-state index contributed by atoms with van der Waals surface area (Å²) in [6, 6.07) is 16.1. The zero-order valence-electron chi connectivity index (χ0n) is 20.8. The first-order valence-electron chi connectivity index (χ1n) is 12.3. The summed E-state index contributed by atoms with van der Waals surface area (Å²) in [6.45, 7) is 4.80. The number of carbonyl (C=O) groups excluding carboxylic acids is 1. The van der Waals surface area contributed by atoms with Crippen LogP contribution in [0.4, 0.5) is 0 Å². The van der Waals surface area contributed by atoms with Gasteiger partial charge in [-0.3, -0.25) is 9.36 Å². The van der Waals surface area contributed by atoms with E-state index < -0.39 is 0 Å². The second kappa shape index (κ2) is 12.1. The van der Waals surface area contributed by atoms with Crippen LogP contribution in [0.5, 0.6) is 5.75 Å². The number of thioether (sulfide) groups is 1. The van der Waals surface area contributed by atoms with Crippen LogP contribution in [0.3, 0.4) is 0 Å². The van der Waals surface area contributed by atoms with Crippen molar-refractivity contribution < 1.29 is 9.53 Å². The highest BCUT2D eigenvalue weighted by Gasteiger charge is 2.18. The van der Waals surface area contributed by atoms with Gasteiger partial charge in [-0.15, -0.1) is 10.2 Å². The Hall–Kier alpha value is -3.06. The highest BCUT2D eigenvalue weighted by molar-refractivity contribution is 7.99. The number of amides is 1.